The van der Waals surface area contributed by atoms with Crippen LogP contribution in [-0.4, -0.2) is 24.0 Å². The molecule has 0 unspecified atom stereocenters. The predicted octanol–water partition coefficient (Wildman–Crippen LogP) is 1.70. The first kappa shape index (κ1) is 14.5. The number of amides is 1. The molecular weight excluding hydrogens is 250 g/mol. The van der Waals surface area contributed by atoms with Crippen LogP contribution in [0.25, 0.3) is 0 Å². The van der Waals surface area contributed by atoms with E-state index >= 15 is 0 Å². The van der Waals surface area contributed by atoms with Gasteiger partial charge in [-0.2, -0.15) is 0 Å². The van der Waals surface area contributed by atoms with Crippen molar-refractivity contribution >= 4 is 5.91 Å². The smallest absolute Gasteiger partial charge is 0.252 e. The lowest BCUT2D eigenvalue weighted by molar-refractivity contribution is 0.0943. The highest BCUT2D eigenvalue weighted by atomic mass is 16.1. The minimum absolute atomic E-state index is 0.0699. The molecule has 1 heterocycles. The summed E-state index contributed by atoms with van der Waals surface area (Å²) in [4.78, 5) is 16.1. The summed E-state index contributed by atoms with van der Waals surface area (Å²) in [5, 5.41) is 3.00. The molecule has 1 saturated carbocycles. The van der Waals surface area contributed by atoms with E-state index in [4.69, 9.17) is 5.73 Å². The highest BCUT2D eigenvalue weighted by Gasteiger charge is 2.15. The summed E-state index contributed by atoms with van der Waals surface area (Å²) in [6.45, 7) is 1.07. The molecule has 106 valence electrons. The van der Waals surface area contributed by atoms with E-state index in [2.05, 4.69) is 22.1 Å². The molecule has 0 saturated heterocycles. The van der Waals surface area contributed by atoms with Gasteiger partial charge in [0, 0.05) is 24.5 Å². The van der Waals surface area contributed by atoms with Gasteiger partial charge in [0.2, 0.25) is 0 Å². The molecule has 1 aromatic rings. The summed E-state index contributed by atoms with van der Waals surface area (Å²) in [5.41, 5.74) is 6.61. The molecule has 0 aromatic carbocycles. The number of hydrogen-bond donors (Lipinski definition) is 2. The van der Waals surface area contributed by atoms with Gasteiger partial charge in [0.25, 0.3) is 5.91 Å². The van der Waals surface area contributed by atoms with Crippen LogP contribution in [0, 0.1) is 17.8 Å². The normalized spacial score (nSPS) is 15.2. The van der Waals surface area contributed by atoms with Crippen molar-refractivity contribution in [2.24, 2.45) is 11.7 Å². The topological polar surface area (TPSA) is 68.0 Å². The second kappa shape index (κ2) is 7.66. The Balaban J connectivity index is 1.91. The lowest BCUT2D eigenvalue weighted by atomic mass is 9.89. The Morgan fingerprint density at radius 2 is 2.15 bits per heavy atom. The summed E-state index contributed by atoms with van der Waals surface area (Å²) < 4.78 is 0. The van der Waals surface area contributed by atoms with E-state index in [-0.39, 0.29) is 5.91 Å². The van der Waals surface area contributed by atoms with Crippen LogP contribution in [-0.2, 0) is 0 Å². The summed E-state index contributed by atoms with van der Waals surface area (Å²) in [6.07, 6.45) is 9.56. The number of nitrogens with two attached hydrogens (primary N) is 1. The van der Waals surface area contributed by atoms with Gasteiger partial charge >= 0.3 is 0 Å². The Labute approximate surface area is 120 Å². The van der Waals surface area contributed by atoms with Gasteiger partial charge in [-0.1, -0.05) is 31.1 Å². The van der Waals surface area contributed by atoms with Crippen LogP contribution in [0.2, 0.25) is 0 Å². The maximum Gasteiger partial charge on any atom is 0.252 e. The molecule has 0 spiro atoms. The van der Waals surface area contributed by atoms with E-state index in [1.165, 1.54) is 32.1 Å². The molecular formula is C16H21N3O. The van der Waals surface area contributed by atoms with Crippen molar-refractivity contribution in [1.82, 2.24) is 10.3 Å². The first-order valence-corrected chi connectivity index (χ1v) is 7.22. The molecule has 1 fully saturated rings. The predicted molar refractivity (Wildman–Crippen MR) is 79.1 cm³/mol. The Bertz CT molecular complexity index is 510. The SMILES string of the molecule is NCC#Cc1cncc(C(=O)NCC2CCCCC2)c1. The second-order valence-corrected chi connectivity index (χ2v) is 5.18. The van der Waals surface area contributed by atoms with Crippen molar-refractivity contribution < 1.29 is 4.79 Å². The number of nitrogens with zero attached hydrogens (tertiary/aromatic N) is 1. The zero-order valence-electron chi connectivity index (χ0n) is 11.7. The third kappa shape index (κ3) is 4.36. The van der Waals surface area contributed by atoms with Gasteiger partial charge in [-0.3, -0.25) is 9.78 Å². The maximum absolute atomic E-state index is 12.1. The molecule has 1 aromatic heterocycles. The number of pyridine rings is 1. The highest BCUT2D eigenvalue weighted by Crippen LogP contribution is 2.22. The number of carbonyl (C=O) groups excluding carboxylic acids is 1. The van der Waals surface area contributed by atoms with Crippen molar-refractivity contribution in [3.8, 4) is 11.8 Å². The molecule has 1 aliphatic carbocycles. The molecule has 1 amide bonds. The zero-order chi connectivity index (χ0) is 14.2. The molecule has 2 rings (SSSR count). The van der Waals surface area contributed by atoms with E-state index in [1.54, 1.807) is 18.5 Å². The van der Waals surface area contributed by atoms with E-state index in [9.17, 15) is 4.79 Å². The third-order valence-corrected chi connectivity index (χ3v) is 3.61. The number of aromatic nitrogens is 1. The second-order valence-electron chi connectivity index (χ2n) is 5.18. The van der Waals surface area contributed by atoms with Gasteiger partial charge in [-0.25, -0.2) is 0 Å². The van der Waals surface area contributed by atoms with Crippen molar-refractivity contribution in [1.29, 1.82) is 0 Å². The molecule has 0 aliphatic heterocycles. The molecule has 3 N–H and O–H groups in total. The lowest BCUT2D eigenvalue weighted by Gasteiger charge is -2.21. The van der Waals surface area contributed by atoms with Crippen LogP contribution in [0.1, 0.15) is 48.0 Å². The van der Waals surface area contributed by atoms with Crippen LogP contribution in [0.4, 0.5) is 0 Å². The summed E-state index contributed by atoms with van der Waals surface area (Å²) in [6, 6.07) is 1.76. The zero-order valence-corrected chi connectivity index (χ0v) is 11.7. The molecule has 0 atom stereocenters. The number of nitrogens with one attached hydrogen (secondary N) is 1. The van der Waals surface area contributed by atoms with Gasteiger partial charge in [-0.15, -0.1) is 0 Å². The molecule has 1 aliphatic rings. The molecule has 4 nitrogen and oxygen atoms in total. The Morgan fingerprint density at radius 1 is 1.35 bits per heavy atom. The minimum atomic E-state index is -0.0699. The van der Waals surface area contributed by atoms with Crippen LogP contribution in [0.5, 0.6) is 0 Å². The van der Waals surface area contributed by atoms with Crippen LogP contribution in [0.3, 0.4) is 0 Å². The van der Waals surface area contributed by atoms with E-state index in [0.717, 1.165) is 12.1 Å². The Morgan fingerprint density at radius 3 is 2.90 bits per heavy atom. The number of hydrogen-bond acceptors (Lipinski definition) is 3. The third-order valence-electron chi connectivity index (χ3n) is 3.61. The van der Waals surface area contributed by atoms with Gasteiger partial charge in [-0.05, 0) is 24.8 Å². The van der Waals surface area contributed by atoms with Gasteiger partial charge in [0.05, 0.1) is 12.1 Å². The minimum Gasteiger partial charge on any atom is -0.352 e. The highest BCUT2D eigenvalue weighted by molar-refractivity contribution is 5.94. The Hall–Kier alpha value is -1.86. The quantitative estimate of drug-likeness (QED) is 0.822. The first-order chi connectivity index (χ1) is 9.79. The number of rotatable bonds is 3. The first-order valence-electron chi connectivity index (χ1n) is 7.22. The fraction of sp³-hybridized carbons (Fsp3) is 0.500. The van der Waals surface area contributed by atoms with Crippen molar-refractivity contribution in [2.75, 3.05) is 13.1 Å². The Kier molecular flexibility index (Phi) is 5.57. The average Bonchev–Trinajstić information content (AvgIpc) is 2.52. The van der Waals surface area contributed by atoms with Gasteiger partial charge < -0.3 is 11.1 Å². The fourth-order valence-electron chi connectivity index (χ4n) is 2.52. The van der Waals surface area contributed by atoms with Gasteiger partial charge in [0.15, 0.2) is 0 Å². The molecule has 20 heavy (non-hydrogen) atoms. The lowest BCUT2D eigenvalue weighted by Crippen LogP contribution is -2.30. The maximum atomic E-state index is 12.1. The van der Waals surface area contributed by atoms with Crippen molar-refractivity contribution in [2.45, 2.75) is 32.1 Å². The van der Waals surface area contributed by atoms with Crippen molar-refractivity contribution in [3.63, 3.8) is 0 Å². The molecule has 4 heteroatoms. The average molecular weight is 271 g/mol. The van der Waals surface area contributed by atoms with Crippen molar-refractivity contribution in [3.05, 3.63) is 29.6 Å². The summed E-state index contributed by atoms with van der Waals surface area (Å²) in [5.74, 6) is 6.20. The van der Waals surface area contributed by atoms with E-state index in [1.807, 2.05) is 0 Å². The van der Waals surface area contributed by atoms with Crippen LogP contribution >= 0.6 is 0 Å². The standard InChI is InChI=1S/C16H21N3O/c17-8-4-7-14-9-15(12-18-10-14)16(20)19-11-13-5-2-1-3-6-13/h9-10,12-13H,1-3,5-6,8,11,17H2,(H,19,20). The molecule has 0 radical (unpaired) electrons. The molecule has 0 bridgehead atoms. The van der Waals surface area contributed by atoms with E-state index < -0.39 is 0 Å². The van der Waals surface area contributed by atoms with Crippen LogP contribution < -0.4 is 11.1 Å². The van der Waals surface area contributed by atoms with Crippen LogP contribution in [0.15, 0.2) is 18.5 Å². The summed E-state index contributed by atoms with van der Waals surface area (Å²) in [7, 11) is 0. The largest absolute Gasteiger partial charge is 0.352 e. The van der Waals surface area contributed by atoms with Gasteiger partial charge in [0.1, 0.15) is 0 Å². The number of carbonyl (C=O) groups is 1. The monoisotopic (exact) mass is 271 g/mol. The fourth-order valence-corrected chi connectivity index (χ4v) is 2.52. The van der Waals surface area contributed by atoms with E-state index in [0.29, 0.717) is 18.0 Å². The summed E-state index contributed by atoms with van der Waals surface area (Å²) >= 11 is 0.